The monoisotopic (exact) mass is 120 g/mol. The van der Waals surface area contributed by atoms with Gasteiger partial charge in [0.05, 0.1) is 0 Å². The molecular weight excluding hydrogens is 111 g/mol. The van der Waals surface area contributed by atoms with Gasteiger partial charge < -0.3 is 0 Å². The molecule has 1 saturated heterocycles. The number of nitrogens with two attached hydrogens (primary N) is 1. The Morgan fingerprint density at radius 1 is 1.71 bits per heavy atom. The lowest BCUT2D eigenvalue weighted by Crippen LogP contribution is -2.47. The lowest BCUT2D eigenvalue weighted by Gasteiger charge is -2.33. The minimum Gasteiger partial charge on any atom is -0.299 e. The van der Waals surface area contributed by atoms with E-state index in [1.165, 1.54) is 0 Å². The smallest absolute Gasteiger partial charge is 0.105 e. The van der Waals surface area contributed by atoms with E-state index in [1.54, 1.807) is 0 Å². The third-order valence-corrected chi connectivity index (χ3v) is 1.49. The zero-order valence-electron chi connectivity index (χ0n) is 4.00. The fourth-order valence-electron chi connectivity index (χ4n) is 0.556. The van der Waals surface area contributed by atoms with Crippen LogP contribution in [0.2, 0.25) is 0 Å². The highest BCUT2D eigenvalue weighted by Crippen LogP contribution is 2.13. The van der Waals surface area contributed by atoms with Crippen molar-refractivity contribution in [2.24, 2.45) is 5.90 Å². The zero-order valence-corrected chi connectivity index (χ0v) is 5.16. The van der Waals surface area contributed by atoms with Crippen LogP contribution >= 0.6 is 9.39 Å². The maximum atomic E-state index is 4.86. The number of hydrogen-bond donors (Lipinski definition) is 1. The van der Waals surface area contributed by atoms with Gasteiger partial charge in [-0.25, -0.2) is 5.90 Å². The Hall–Kier alpha value is 0.310. The summed E-state index contributed by atoms with van der Waals surface area (Å²) >= 11 is 0. The lowest BCUT2D eigenvalue weighted by atomic mass is 10.2. The number of nitrogens with zero attached hydrogens (tertiary/aromatic N) is 1. The van der Waals surface area contributed by atoms with Crippen molar-refractivity contribution in [3.8, 4) is 0 Å². The van der Waals surface area contributed by atoms with Crippen molar-refractivity contribution in [2.75, 3.05) is 13.1 Å². The van der Waals surface area contributed by atoms with E-state index in [2.05, 4.69) is 18.9 Å². The highest BCUT2D eigenvalue weighted by atomic mass is 31.0. The Morgan fingerprint density at radius 3 is 2.43 bits per heavy atom. The van der Waals surface area contributed by atoms with Crippen LogP contribution in [0.5, 0.6) is 0 Å². The van der Waals surface area contributed by atoms with Crippen LogP contribution in [0.15, 0.2) is 0 Å². The predicted molar refractivity (Wildman–Crippen MR) is 30.3 cm³/mol. The molecule has 0 spiro atoms. The van der Waals surface area contributed by atoms with Gasteiger partial charge in [-0.1, -0.05) is 9.39 Å². The van der Waals surface area contributed by atoms with Crippen molar-refractivity contribution in [3.05, 3.63) is 0 Å². The molecule has 1 atom stereocenters. The molecule has 4 heteroatoms. The fraction of sp³-hybridized carbons (Fsp3) is 1.00. The Bertz CT molecular complexity index is 64.0. The van der Waals surface area contributed by atoms with Crippen molar-refractivity contribution in [3.63, 3.8) is 0 Å². The van der Waals surface area contributed by atoms with Gasteiger partial charge in [0.15, 0.2) is 0 Å². The Balaban J connectivity index is 2.06. The average Bonchev–Trinajstić information content (AvgIpc) is 1.58. The molecule has 0 radical (unpaired) electrons. The summed E-state index contributed by atoms with van der Waals surface area (Å²) in [6.45, 7) is 1.89. The van der Waals surface area contributed by atoms with Crippen molar-refractivity contribution < 1.29 is 4.84 Å². The summed E-state index contributed by atoms with van der Waals surface area (Å²) < 4.78 is 2.07. The maximum absolute atomic E-state index is 4.86. The molecule has 3 nitrogen and oxygen atoms in total. The Kier molecular flexibility index (Phi) is 1.60. The van der Waals surface area contributed by atoms with Gasteiger partial charge in [0.25, 0.3) is 0 Å². The summed E-state index contributed by atoms with van der Waals surface area (Å²) in [7, 11) is 2.57. The van der Waals surface area contributed by atoms with E-state index in [9.17, 15) is 0 Å². The van der Waals surface area contributed by atoms with Crippen molar-refractivity contribution in [1.29, 1.82) is 0 Å². The van der Waals surface area contributed by atoms with Gasteiger partial charge in [-0.3, -0.25) is 9.51 Å². The molecule has 0 aromatic heterocycles. The van der Waals surface area contributed by atoms with Crippen LogP contribution in [0.3, 0.4) is 0 Å². The topological polar surface area (TPSA) is 38.5 Å². The lowest BCUT2D eigenvalue weighted by molar-refractivity contribution is -0.0178. The Morgan fingerprint density at radius 2 is 2.29 bits per heavy atom. The van der Waals surface area contributed by atoms with E-state index in [4.69, 9.17) is 5.90 Å². The van der Waals surface area contributed by atoms with Gasteiger partial charge in [0.2, 0.25) is 0 Å². The minimum atomic E-state index is 0.275. The molecule has 1 rings (SSSR count). The first-order valence-electron chi connectivity index (χ1n) is 2.18. The minimum absolute atomic E-state index is 0.275. The third kappa shape index (κ3) is 1.10. The van der Waals surface area contributed by atoms with Crippen molar-refractivity contribution >= 4 is 9.39 Å². The van der Waals surface area contributed by atoms with E-state index >= 15 is 0 Å². The van der Waals surface area contributed by atoms with Gasteiger partial charge in [-0.15, -0.1) is 0 Å². The standard InChI is InChI=1S/C3H9N2OP/c4-6-3-1-5(7)2-3/h3H,1-2,4,7H2. The summed E-state index contributed by atoms with van der Waals surface area (Å²) in [5.41, 5.74) is 0. The highest BCUT2D eigenvalue weighted by Gasteiger charge is 2.22. The summed E-state index contributed by atoms with van der Waals surface area (Å²) in [6.07, 6.45) is 0.275. The fourth-order valence-corrected chi connectivity index (χ4v) is 1.03. The second-order valence-corrected chi connectivity index (χ2v) is 2.44. The normalized spacial score (nSPS) is 24.9. The van der Waals surface area contributed by atoms with Crippen molar-refractivity contribution in [2.45, 2.75) is 6.10 Å². The van der Waals surface area contributed by atoms with E-state index in [-0.39, 0.29) is 6.10 Å². The first-order valence-corrected chi connectivity index (χ1v) is 2.69. The van der Waals surface area contributed by atoms with Crippen LogP contribution in [0.1, 0.15) is 0 Å². The molecule has 0 amide bonds. The predicted octanol–water partition coefficient (Wildman–Crippen LogP) is -0.649. The molecule has 1 aliphatic rings. The van der Waals surface area contributed by atoms with Crippen molar-refractivity contribution in [1.82, 2.24) is 4.67 Å². The zero-order chi connectivity index (χ0) is 5.28. The molecule has 7 heavy (non-hydrogen) atoms. The first kappa shape index (κ1) is 5.45. The molecule has 0 aromatic rings. The molecule has 1 heterocycles. The molecule has 0 bridgehead atoms. The van der Waals surface area contributed by atoms with Crippen LogP contribution in [-0.2, 0) is 4.84 Å². The highest BCUT2D eigenvalue weighted by molar-refractivity contribution is 7.13. The van der Waals surface area contributed by atoms with Gasteiger partial charge in [0, 0.05) is 13.1 Å². The Labute approximate surface area is 45.0 Å². The molecular formula is C3H9N2OP. The van der Waals surface area contributed by atoms with Crippen LogP contribution in [0, 0.1) is 0 Å². The summed E-state index contributed by atoms with van der Waals surface area (Å²) in [5.74, 6) is 4.86. The van der Waals surface area contributed by atoms with Gasteiger partial charge in [-0.2, -0.15) is 0 Å². The molecule has 42 valence electrons. The second kappa shape index (κ2) is 2.05. The van der Waals surface area contributed by atoms with Gasteiger partial charge in [0.1, 0.15) is 6.10 Å². The molecule has 2 N–H and O–H groups in total. The molecule has 0 aromatic carbocycles. The molecule has 1 aliphatic heterocycles. The van der Waals surface area contributed by atoms with Crippen LogP contribution in [-0.4, -0.2) is 23.9 Å². The quantitative estimate of drug-likeness (QED) is 0.369. The SMILES string of the molecule is NOC1CN(P)C1. The molecule has 0 aliphatic carbocycles. The average molecular weight is 120 g/mol. The third-order valence-electron chi connectivity index (χ3n) is 1.07. The molecule has 1 unspecified atom stereocenters. The first-order chi connectivity index (χ1) is 3.33. The van der Waals surface area contributed by atoms with Crippen LogP contribution < -0.4 is 5.90 Å². The number of rotatable bonds is 1. The van der Waals surface area contributed by atoms with Crippen LogP contribution in [0.25, 0.3) is 0 Å². The van der Waals surface area contributed by atoms with E-state index in [0.29, 0.717) is 0 Å². The second-order valence-electron chi connectivity index (χ2n) is 1.71. The molecule has 0 saturated carbocycles. The van der Waals surface area contributed by atoms with E-state index in [1.807, 2.05) is 0 Å². The molecule has 1 fully saturated rings. The summed E-state index contributed by atoms with van der Waals surface area (Å²) in [6, 6.07) is 0. The van der Waals surface area contributed by atoms with E-state index in [0.717, 1.165) is 13.1 Å². The number of hydrogen-bond acceptors (Lipinski definition) is 3. The summed E-state index contributed by atoms with van der Waals surface area (Å²) in [4.78, 5) is 4.50. The summed E-state index contributed by atoms with van der Waals surface area (Å²) in [5, 5.41) is 0. The largest absolute Gasteiger partial charge is 0.299 e. The van der Waals surface area contributed by atoms with Crippen LogP contribution in [0.4, 0.5) is 0 Å². The maximum Gasteiger partial charge on any atom is 0.105 e. The van der Waals surface area contributed by atoms with E-state index < -0.39 is 0 Å². The van der Waals surface area contributed by atoms with Gasteiger partial charge >= 0.3 is 0 Å². The van der Waals surface area contributed by atoms with Gasteiger partial charge in [-0.05, 0) is 0 Å².